The van der Waals surface area contributed by atoms with E-state index in [4.69, 9.17) is 0 Å². The summed E-state index contributed by atoms with van der Waals surface area (Å²) in [5.41, 5.74) is 0. The Hall–Kier alpha value is -0.280. The van der Waals surface area contributed by atoms with Crippen molar-refractivity contribution in [2.75, 3.05) is 26.2 Å². The quantitative estimate of drug-likeness (QED) is 0.833. The predicted molar refractivity (Wildman–Crippen MR) is 74.8 cm³/mol. The second-order valence-corrected chi connectivity index (χ2v) is 6.21. The summed E-state index contributed by atoms with van der Waals surface area (Å²) < 4.78 is 0. The minimum atomic E-state index is 0. The standard InChI is InChI=1S/C14H24N2O.ClH/c1-10(11-2-3-11)14(17)16-6-4-12-8-15-9-13(12)5-7-16;/h10-13,15H,2-9H2,1H3;1H/t10?,12-,13+;. The molecule has 0 aromatic carbocycles. The number of carbonyl (C=O) groups excluding carboxylic acids is 1. The number of amides is 1. The Morgan fingerprint density at radius 3 is 2.17 bits per heavy atom. The minimum Gasteiger partial charge on any atom is -0.342 e. The number of fused-ring (bicyclic) bond motifs is 1. The number of nitrogens with one attached hydrogen (secondary N) is 1. The van der Waals surface area contributed by atoms with E-state index in [1.165, 1.54) is 38.8 Å². The van der Waals surface area contributed by atoms with Gasteiger partial charge in [0.15, 0.2) is 0 Å². The Morgan fingerprint density at radius 1 is 1.11 bits per heavy atom. The lowest BCUT2D eigenvalue weighted by Gasteiger charge is -2.24. The number of hydrogen-bond donors (Lipinski definition) is 1. The Kier molecular flexibility index (Phi) is 4.54. The fraction of sp³-hybridized carbons (Fsp3) is 0.929. The molecule has 18 heavy (non-hydrogen) atoms. The van der Waals surface area contributed by atoms with Gasteiger partial charge in [0.1, 0.15) is 0 Å². The highest BCUT2D eigenvalue weighted by Gasteiger charge is 2.37. The van der Waals surface area contributed by atoms with Gasteiger partial charge in [-0.15, -0.1) is 12.4 Å². The molecule has 2 heterocycles. The van der Waals surface area contributed by atoms with E-state index in [1.54, 1.807) is 0 Å². The van der Waals surface area contributed by atoms with E-state index in [2.05, 4.69) is 17.1 Å². The summed E-state index contributed by atoms with van der Waals surface area (Å²) in [6, 6.07) is 0. The lowest BCUT2D eigenvalue weighted by atomic mass is 9.92. The van der Waals surface area contributed by atoms with Gasteiger partial charge in [-0.1, -0.05) is 6.92 Å². The normalized spacial score (nSPS) is 33.3. The molecule has 1 aliphatic carbocycles. The van der Waals surface area contributed by atoms with Crippen molar-refractivity contribution >= 4 is 18.3 Å². The fourth-order valence-corrected chi connectivity index (χ4v) is 3.52. The molecule has 1 unspecified atom stereocenters. The third-order valence-corrected chi connectivity index (χ3v) is 5.05. The Balaban J connectivity index is 0.00000120. The maximum absolute atomic E-state index is 12.4. The van der Waals surface area contributed by atoms with Gasteiger partial charge in [0, 0.05) is 19.0 Å². The van der Waals surface area contributed by atoms with E-state index in [1.807, 2.05) is 0 Å². The van der Waals surface area contributed by atoms with Crippen LogP contribution in [0.5, 0.6) is 0 Å². The number of nitrogens with zero attached hydrogens (tertiary/aromatic N) is 1. The van der Waals surface area contributed by atoms with E-state index in [-0.39, 0.29) is 18.3 Å². The van der Waals surface area contributed by atoms with Crippen molar-refractivity contribution in [1.29, 1.82) is 0 Å². The molecule has 3 atom stereocenters. The van der Waals surface area contributed by atoms with E-state index in [9.17, 15) is 4.79 Å². The summed E-state index contributed by atoms with van der Waals surface area (Å²) >= 11 is 0. The molecule has 0 radical (unpaired) electrons. The molecule has 3 rings (SSSR count). The van der Waals surface area contributed by atoms with E-state index < -0.39 is 0 Å². The predicted octanol–water partition coefficient (Wildman–Crippen LogP) is 1.91. The van der Waals surface area contributed by atoms with E-state index in [0.29, 0.717) is 11.8 Å². The highest BCUT2D eigenvalue weighted by Crippen LogP contribution is 2.38. The van der Waals surface area contributed by atoms with Gasteiger partial charge >= 0.3 is 0 Å². The molecular formula is C14H25ClN2O. The molecule has 104 valence electrons. The fourth-order valence-electron chi connectivity index (χ4n) is 3.52. The molecule has 3 fully saturated rings. The molecule has 2 saturated heterocycles. The van der Waals surface area contributed by atoms with Gasteiger partial charge in [-0.3, -0.25) is 4.79 Å². The SMILES string of the molecule is CC(C(=O)N1CC[C@@H]2CNC[C@@H]2CC1)C1CC1.Cl. The average Bonchev–Trinajstić information content (AvgIpc) is 3.12. The van der Waals surface area contributed by atoms with E-state index in [0.717, 1.165) is 24.9 Å². The highest BCUT2D eigenvalue weighted by molar-refractivity contribution is 5.85. The zero-order chi connectivity index (χ0) is 11.8. The lowest BCUT2D eigenvalue weighted by molar-refractivity contribution is -0.135. The summed E-state index contributed by atoms with van der Waals surface area (Å²) in [5.74, 6) is 3.06. The highest BCUT2D eigenvalue weighted by atomic mass is 35.5. The third-order valence-electron chi connectivity index (χ3n) is 5.05. The first-order valence-corrected chi connectivity index (χ1v) is 7.25. The molecule has 3 aliphatic rings. The lowest BCUT2D eigenvalue weighted by Crippen LogP contribution is -2.37. The van der Waals surface area contributed by atoms with Crippen LogP contribution >= 0.6 is 12.4 Å². The maximum atomic E-state index is 12.4. The average molecular weight is 273 g/mol. The van der Waals surface area contributed by atoms with Crippen molar-refractivity contribution in [2.24, 2.45) is 23.7 Å². The van der Waals surface area contributed by atoms with Crippen LogP contribution in [-0.2, 0) is 4.79 Å². The van der Waals surface area contributed by atoms with Crippen molar-refractivity contribution in [3.63, 3.8) is 0 Å². The van der Waals surface area contributed by atoms with E-state index >= 15 is 0 Å². The number of halogens is 1. The summed E-state index contributed by atoms with van der Waals surface area (Å²) in [5, 5.41) is 3.48. The van der Waals surface area contributed by atoms with Crippen LogP contribution in [0.2, 0.25) is 0 Å². The van der Waals surface area contributed by atoms with Crippen LogP contribution in [0.4, 0.5) is 0 Å². The summed E-state index contributed by atoms with van der Waals surface area (Å²) in [4.78, 5) is 14.5. The monoisotopic (exact) mass is 272 g/mol. The van der Waals surface area contributed by atoms with Crippen LogP contribution in [0.25, 0.3) is 0 Å². The Morgan fingerprint density at radius 2 is 1.67 bits per heavy atom. The molecule has 1 saturated carbocycles. The van der Waals surface area contributed by atoms with Crippen LogP contribution in [0, 0.1) is 23.7 Å². The van der Waals surface area contributed by atoms with Crippen LogP contribution < -0.4 is 5.32 Å². The molecule has 0 aromatic heterocycles. The smallest absolute Gasteiger partial charge is 0.225 e. The van der Waals surface area contributed by atoms with Crippen molar-refractivity contribution in [3.05, 3.63) is 0 Å². The van der Waals surface area contributed by atoms with Crippen molar-refractivity contribution in [1.82, 2.24) is 10.2 Å². The van der Waals surface area contributed by atoms with Crippen molar-refractivity contribution in [2.45, 2.75) is 32.6 Å². The number of rotatable bonds is 2. The topological polar surface area (TPSA) is 32.3 Å². The molecule has 0 spiro atoms. The van der Waals surface area contributed by atoms with Crippen molar-refractivity contribution < 1.29 is 4.79 Å². The van der Waals surface area contributed by atoms with Crippen LogP contribution in [-0.4, -0.2) is 37.0 Å². The summed E-state index contributed by atoms with van der Waals surface area (Å²) in [7, 11) is 0. The zero-order valence-electron chi connectivity index (χ0n) is 11.2. The number of likely N-dealkylation sites (tertiary alicyclic amines) is 1. The molecule has 0 bridgehead atoms. The van der Waals surface area contributed by atoms with Crippen LogP contribution in [0.15, 0.2) is 0 Å². The first kappa shape index (κ1) is 14.1. The molecule has 2 aliphatic heterocycles. The molecular weight excluding hydrogens is 248 g/mol. The van der Waals surface area contributed by atoms with Crippen LogP contribution in [0.1, 0.15) is 32.6 Å². The zero-order valence-corrected chi connectivity index (χ0v) is 12.0. The van der Waals surface area contributed by atoms with Gasteiger partial charge in [-0.25, -0.2) is 0 Å². The Labute approximate surface area is 116 Å². The van der Waals surface area contributed by atoms with Crippen LogP contribution in [0.3, 0.4) is 0 Å². The van der Waals surface area contributed by atoms with Gasteiger partial charge in [0.2, 0.25) is 5.91 Å². The number of carbonyl (C=O) groups is 1. The molecule has 4 heteroatoms. The molecule has 0 aromatic rings. The minimum absolute atomic E-state index is 0. The Bertz CT molecular complexity index is 292. The molecule has 3 nitrogen and oxygen atoms in total. The molecule has 1 N–H and O–H groups in total. The maximum Gasteiger partial charge on any atom is 0.225 e. The first-order chi connectivity index (χ1) is 8.25. The third kappa shape index (κ3) is 2.83. The summed E-state index contributed by atoms with van der Waals surface area (Å²) in [6.07, 6.45) is 4.97. The van der Waals surface area contributed by atoms with Gasteiger partial charge < -0.3 is 10.2 Å². The van der Waals surface area contributed by atoms with Gasteiger partial charge in [0.05, 0.1) is 0 Å². The second kappa shape index (κ2) is 5.79. The largest absolute Gasteiger partial charge is 0.342 e. The van der Waals surface area contributed by atoms with Crippen molar-refractivity contribution in [3.8, 4) is 0 Å². The first-order valence-electron chi connectivity index (χ1n) is 7.25. The van der Waals surface area contributed by atoms with Gasteiger partial charge in [0.25, 0.3) is 0 Å². The molecule has 1 amide bonds. The van der Waals surface area contributed by atoms with Gasteiger partial charge in [-0.05, 0) is 56.5 Å². The summed E-state index contributed by atoms with van der Waals surface area (Å²) in [6.45, 7) is 6.47. The number of hydrogen-bond acceptors (Lipinski definition) is 2. The second-order valence-electron chi connectivity index (χ2n) is 6.21. The van der Waals surface area contributed by atoms with Gasteiger partial charge in [-0.2, -0.15) is 0 Å².